The van der Waals surface area contributed by atoms with E-state index in [1.807, 2.05) is 18.3 Å². The number of aromatic nitrogens is 3. The quantitative estimate of drug-likeness (QED) is 0.826. The lowest BCUT2D eigenvalue weighted by Crippen LogP contribution is -2.26. The summed E-state index contributed by atoms with van der Waals surface area (Å²) in [7, 11) is 0. The summed E-state index contributed by atoms with van der Waals surface area (Å²) in [6, 6.07) is 6.15. The molecule has 1 aliphatic heterocycles. The van der Waals surface area contributed by atoms with Gasteiger partial charge in [-0.1, -0.05) is 0 Å². The number of aromatic amines is 1. The van der Waals surface area contributed by atoms with E-state index in [9.17, 15) is 0 Å². The van der Waals surface area contributed by atoms with E-state index >= 15 is 0 Å². The van der Waals surface area contributed by atoms with Gasteiger partial charge in [-0.05, 0) is 44.1 Å². The van der Waals surface area contributed by atoms with Crippen LogP contribution in [0.25, 0.3) is 11.3 Å². The smallest absolute Gasteiger partial charge is 0.0668 e. The number of pyridine rings is 1. The van der Waals surface area contributed by atoms with Crippen LogP contribution < -0.4 is 5.32 Å². The maximum absolute atomic E-state index is 4.44. The summed E-state index contributed by atoms with van der Waals surface area (Å²) in [5, 5.41) is 10.9. The number of nitrogens with zero attached hydrogens (tertiary/aromatic N) is 2. The molecule has 4 nitrogen and oxygen atoms in total. The zero-order valence-electron chi connectivity index (χ0n) is 9.69. The van der Waals surface area contributed by atoms with Crippen molar-refractivity contribution in [3.63, 3.8) is 0 Å². The van der Waals surface area contributed by atoms with Gasteiger partial charge >= 0.3 is 0 Å². The summed E-state index contributed by atoms with van der Waals surface area (Å²) < 4.78 is 0. The van der Waals surface area contributed by atoms with Crippen LogP contribution in [0.4, 0.5) is 0 Å². The van der Waals surface area contributed by atoms with Crippen LogP contribution in [-0.2, 0) is 0 Å². The van der Waals surface area contributed by atoms with Crippen LogP contribution in [0.2, 0.25) is 0 Å². The minimum Gasteiger partial charge on any atom is -0.317 e. The van der Waals surface area contributed by atoms with Gasteiger partial charge in [0.1, 0.15) is 0 Å². The second-order valence-electron chi connectivity index (χ2n) is 4.47. The number of rotatable bonds is 2. The molecule has 0 aromatic carbocycles. The van der Waals surface area contributed by atoms with Crippen molar-refractivity contribution in [2.45, 2.75) is 18.8 Å². The Morgan fingerprint density at radius 3 is 2.88 bits per heavy atom. The minimum atomic E-state index is 0.595. The van der Waals surface area contributed by atoms with Crippen LogP contribution in [-0.4, -0.2) is 28.3 Å². The van der Waals surface area contributed by atoms with E-state index in [1.165, 1.54) is 18.5 Å². The van der Waals surface area contributed by atoms with Crippen LogP contribution in [0.3, 0.4) is 0 Å². The first kappa shape index (κ1) is 10.5. The van der Waals surface area contributed by atoms with E-state index in [2.05, 4.69) is 26.6 Å². The topological polar surface area (TPSA) is 53.6 Å². The third-order valence-electron chi connectivity index (χ3n) is 3.33. The minimum absolute atomic E-state index is 0.595. The molecular weight excluding hydrogens is 212 g/mol. The summed E-state index contributed by atoms with van der Waals surface area (Å²) in [5.41, 5.74) is 3.34. The SMILES string of the molecule is c1cncc(-c2cc(C3CCNCC3)n[nH]2)c1. The van der Waals surface area contributed by atoms with Gasteiger partial charge in [0.05, 0.1) is 11.4 Å². The Labute approximate surface area is 100 Å². The van der Waals surface area contributed by atoms with Crippen molar-refractivity contribution in [1.29, 1.82) is 0 Å². The largest absolute Gasteiger partial charge is 0.317 e. The standard InChI is InChI=1S/C13H16N4/c1-2-11(9-15-5-1)13-8-12(16-17-13)10-3-6-14-7-4-10/h1-2,5,8-10,14H,3-4,6-7H2,(H,16,17). The fourth-order valence-electron chi connectivity index (χ4n) is 2.33. The second kappa shape index (κ2) is 4.67. The Morgan fingerprint density at radius 2 is 2.12 bits per heavy atom. The molecule has 0 bridgehead atoms. The molecule has 3 rings (SSSR count). The first-order valence-corrected chi connectivity index (χ1v) is 6.10. The molecule has 2 aromatic heterocycles. The van der Waals surface area contributed by atoms with E-state index in [1.54, 1.807) is 6.20 Å². The predicted molar refractivity (Wildman–Crippen MR) is 66.7 cm³/mol. The Morgan fingerprint density at radius 1 is 1.24 bits per heavy atom. The fraction of sp³-hybridized carbons (Fsp3) is 0.385. The highest BCUT2D eigenvalue weighted by Crippen LogP contribution is 2.26. The van der Waals surface area contributed by atoms with E-state index in [0.717, 1.165) is 24.3 Å². The third-order valence-corrected chi connectivity index (χ3v) is 3.33. The summed E-state index contributed by atoms with van der Waals surface area (Å²) in [6.45, 7) is 2.19. The zero-order chi connectivity index (χ0) is 11.5. The molecule has 0 aliphatic carbocycles. The zero-order valence-corrected chi connectivity index (χ0v) is 9.69. The first-order valence-electron chi connectivity index (χ1n) is 6.10. The van der Waals surface area contributed by atoms with Crippen LogP contribution in [0.5, 0.6) is 0 Å². The van der Waals surface area contributed by atoms with Crippen LogP contribution >= 0.6 is 0 Å². The third kappa shape index (κ3) is 2.22. The van der Waals surface area contributed by atoms with Crippen molar-refractivity contribution in [3.05, 3.63) is 36.3 Å². The monoisotopic (exact) mass is 228 g/mol. The van der Waals surface area contributed by atoms with Crippen molar-refractivity contribution in [2.75, 3.05) is 13.1 Å². The molecule has 17 heavy (non-hydrogen) atoms. The molecule has 4 heteroatoms. The maximum atomic E-state index is 4.44. The van der Waals surface area contributed by atoms with Crippen molar-refractivity contribution >= 4 is 0 Å². The molecule has 2 N–H and O–H groups in total. The van der Waals surface area contributed by atoms with Crippen LogP contribution in [0.15, 0.2) is 30.6 Å². The number of nitrogens with one attached hydrogen (secondary N) is 2. The Bertz CT molecular complexity index is 471. The molecule has 0 atom stereocenters. The van der Waals surface area contributed by atoms with Gasteiger partial charge in [0.2, 0.25) is 0 Å². The van der Waals surface area contributed by atoms with Gasteiger partial charge in [-0.25, -0.2) is 0 Å². The van der Waals surface area contributed by atoms with Gasteiger partial charge in [-0.2, -0.15) is 5.10 Å². The van der Waals surface area contributed by atoms with E-state index in [0.29, 0.717) is 5.92 Å². The normalized spacial score (nSPS) is 17.2. The lowest BCUT2D eigenvalue weighted by Gasteiger charge is -2.20. The van der Waals surface area contributed by atoms with Gasteiger partial charge in [0.25, 0.3) is 0 Å². The Hall–Kier alpha value is -1.68. The van der Waals surface area contributed by atoms with E-state index in [4.69, 9.17) is 0 Å². The van der Waals surface area contributed by atoms with Gasteiger partial charge < -0.3 is 5.32 Å². The lowest BCUT2D eigenvalue weighted by atomic mass is 9.94. The molecule has 0 radical (unpaired) electrons. The van der Waals surface area contributed by atoms with Crippen molar-refractivity contribution in [2.24, 2.45) is 0 Å². The van der Waals surface area contributed by atoms with Crippen molar-refractivity contribution in [1.82, 2.24) is 20.5 Å². The highest BCUT2D eigenvalue weighted by molar-refractivity contribution is 5.57. The van der Waals surface area contributed by atoms with Crippen molar-refractivity contribution < 1.29 is 0 Å². The summed E-state index contributed by atoms with van der Waals surface area (Å²) >= 11 is 0. The summed E-state index contributed by atoms with van der Waals surface area (Å²) in [4.78, 5) is 4.13. The Balaban J connectivity index is 1.83. The molecular formula is C13H16N4. The summed E-state index contributed by atoms with van der Waals surface area (Å²) in [6.07, 6.45) is 6.00. The molecule has 0 saturated carbocycles. The molecule has 2 aromatic rings. The van der Waals surface area contributed by atoms with Crippen molar-refractivity contribution in [3.8, 4) is 11.3 Å². The van der Waals surface area contributed by atoms with Gasteiger partial charge in [0.15, 0.2) is 0 Å². The number of hydrogen-bond acceptors (Lipinski definition) is 3. The molecule has 1 saturated heterocycles. The maximum Gasteiger partial charge on any atom is 0.0668 e. The van der Waals surface area contributed by atoms with Crippen LogP contribution in [0.1, 0.15) is 24.5 Å². The predicted octanol–water partition coefficient (Wildman–Crippen LogP) is 1.94. The molecule has 0 unspecified atom stereocenters. The molecule has 3 heterocycles. The average Bonchev–Trinajstić information content (AvgIpc) is 2.90. The van der Waals surface area contributed by atoms with Gasteiger partial charge in [-0.15, -0.1) is 0 Å². The molecule has 88 valence electrons. The van der Waals surface area contributed by atoms with Crippen LogP contribution in [0, 0.1) is 0 Å². The number of piperidine rings is 1. The average molecular weight is 228 g/mol. The second-order valence-corrected chi connectivity index (χ2v) is 4.47. The van der Waals surface area contributed by atoms with Gasteiger partial charge in [0, 0.05) is 23.9 Å². The summed E-state index contributed by atoms with van der Waals surface area (Å²) in [5.74, 6) is 0.595. The van der Waals surface area contributed by atoms with Gasteiger partial charge in [-0.3, -0.25) is 10.1 Å². The molecule has 0 amide bonds. The van der Waals surface area contributed by atoms with E-state index < -0.39 is 0 Å². The molecule has 1 fully saturated rings. The lowest BCUT2D eigenvalue weighted by molar-refractivity contribution is 0.453. The molecule has 0 spiro atoms. The highest BCUT2D eigenvalue weighted by Gasteiger charge is 2.18. The fourth-order valence-corrected chi connectivity index (χ4v) is 2.33. The molecule has 1 aliphatic rings. The highest BCUT2D eigenvalue weighted by atomic mass is 15.1. The Kier molecular flexibility index (Phi) is 2.88. The van der Waals surface area contributed by atoms with E-state index in [-0.39, 0.29) is 0 Å². The number of hydrogen-bond donors (Lipinski definition) is 2. The first-order chi connectivity index (χ1) is 8.43. The number of H-pyrrole nitrogens is 1.